The third-order valence-electron chi connectivity index (χ3n) is 3.87. The number of imidazole rings is 1. The van der Waals surface area contributed by atoms with Gasteiger partial charge in [0.1, 0.15) is 17.1 Å². The minimum atomic E-state index is -0.451. The van der Waals surface area contributed by atoms with Gasteiger partial charge in [-0.1, -0.05) is 12.1 Å². The van der Waals surface area contributed by atoms with E-state index in [0.717, 1.165) is 40.1 Å². The van der Waals surface area contributed by atoms with E-state index in [1.165, 1.54) is 5.56 Å². The monoisotopic (exact) mass is 389 g/mol. The molecule has 0 aliphatic rings. The fraction of sp³-hybridized carbons (Fsp3) is 0.333. The highest BCUT2D eigenvalue weighted by Crippen LogP contribution is 2.20. The number of methoxy groups -OCH3 is 1. The standard InChI is InChI=1S/C18H20BrN3O2/c1-12(23)11-22-17(21-16-9-14(19)10-20-18(16)22)8-5-13-3-6-15(24-2)7-4-13/h3-4,6-7,9-10,12,23H,5,8,11H2,1-2H3. The molecule has 2 heterocycles. The van der Waals surface area contributed by atoms with E-state index in [1.54, 1.807) is 20.2 Å². The number of aromatic nitrogens is 3. The third-order valence-corrected chi connectivity index (χ3v) is 4.31. The van der Waals surface area contributed by atoms with Gasteiger partial charge in [-0.25, -0.2) is 9.97 Å². The van der Waals surface area contributed by atoms with Gasteiger partial charge in [0.15, 0.2) is 5.65 Å². The first-order valence-electron chi connectivity index (χ1n) is 7.88. The predicted octanol–water partition coefficient (Wildman–Crippen LogP) is 3.37. The molecule has 0 saturated heterocycles. The van der Waals surface area contributed by atoms with E-state index in [9.17, 15) is 5.11 Å². The summed E-state index contributed by atoms with van der Waals surface area (Å²) in [5.74, 6) is 1.79. The Bertz CT molecular complexity index is 828. The molecule has 0 fully saturated rings. The van der Waals surface area contributed by atoms with E-state index in [4.69, 9.17) is 9.72 Å². The summed E-state index contributed by atoms with van der Waals surface area (Å²) in [5.41, 5.74) is 2.87. The van der Waals surface area contributed by atoms with Gasteiger partial charge in [0.2, 0.25) is 0 Å². The quantitative estimate of drug-likeness (QED) is 0.701. The van der Waals surface area contributed by atoms with Crippen molar-refractivity contribution in [1.82, 2.24) is 14.5 Å². The third kappa shape index (κ3) is 3.76. The number of hydrogen-bond acceptors (Lipinski definition) is 4. The summed E-state index contributed by atoms with van der Waals surface area (Å²) in [6.45, 7) is 2.26. The normalized spacial score (nSPS) is 12.5. The molecule has 1 unspecified atom stereocenters. The van der Waals surface area contributed by atoms with Gasteiger partial charge in [-0.05, 0) is 53.0 Å². The Morgan fingerprint density at radius 2 is 2.00 bits per heavy atom. The minimum Gasteiger partial charge on any atom is -0.497 e. The first-order valence-corrected chi connectivity index (χ1v) is 8.68. The molecule has 0 radical (unpaired) electrons. The number of halogens is 1. The van der Waals surface area contributed by atoms with Crippen molar-refractivity contribution in [3.8, 4) is 5.75 Å². The highest BCUT2D eigenvalue weighted by atomic mass is 79.9. The maximum Gasteiger partial charge on any atom is 0.160 e. The summed E-state index contributed by atoms with van der Waals surface area (Å²) >= 11 is 3.43. The van der Waals surface area contributed by atoms with Crippen LogP contribution in [0.2, 0.25) is 0 Å². The van der Waals surface area contributed by atoms with Gasteiger partial charge in [0.25, 0.3) is 0 Å². The molecule has 1 atom stereocenters. The van der Waals surface area contributed by atoms with Gasteiger partial charge in [-0.3, -0.25) is 0 Å². The first-order chi connectivity index (χ1) is 11.6. The lowest BCUT2D eigenvalue weighted by Crippen LogP contribution is -2.15. The molecular formula is C18H20BrN3O2. The van der Waals surface area contributed by atoms with Crippen LogP contribution in [0, 0.1) is 0 Å². The molecule has 3 rings (SSSR count). The second kappa shape index (κ2) is 7.32. The van der Waals surface area contributed by atoms with Crippen molar-refractivity contribution in [2.45, 2.75) is 32.4 Å². The molecule has 126 valence electrons. The van der Waals surface area contributed by atoms with Crippen LogP contribution in [0.25, 0.3) is 11.2 Å². The van der Waals surface area contributed by atoms with E-state index in [2.05, 4.69) is 33.0 Å². The van der Waals surface area contributed by atoms with E-state index < -0.39 is 6.10 Å². The lowest BCUT2D eigenvalue weighted by molar-refractivity contribution is 0.173. The Morgan fingerprint density at radius 1 is 1.25 bits per heavy atom. The second-order valence-electron chi connectivity index (χ2n) is 5.83. The van der Waals surface area contributed by atoms with Gasteiger partial charge in [0, 0.05) is 17.1 Å². The number of pyridine rings is 1. The molecule has 0 bridgehead atoms. The number of nitrogens with zero attached hydrogens (tertiary/aromatic N) is 3. The second-order valence-corrected chi connectivity index (χ2v) is 6.75. The zero-order chi connectivity index (χ0) is 17.1. The fourth-order valence-corrected chi connectivity index (χ4v) is 3.05. The van der Waals surface area contributed by atoms with Crippen LogP contribution in [0.5, 0.6) is 5.75 Å². The topological polar surface area (TPSA) is 60.2 Å². The summed E-state index contributed by atoms with van der Waals surface area (Å²) < 4.78 is 8.10. The molecule has 0 aliphatic carbocycles. The van der Waals surface area contributed by atoms with Crippen molar-refractivity contribution < 1.29 is 9.84 Å². The average molecular weight is 390 g/mol. The van der Waals surface area contributed by atoms with Crippen LogP contribution < -0.4 is 4.74 Å². The van der Waals surface area contributed by atoms with Crippen LogP contribution in [-0.4, -0.2) is 32.9 Å². The zero-order valence-electron chi connectivity index (χ0n) is 13.7. The summed E-state index contributed by atoms with van der Waals surface area (Å²) in [5, 5.41) is 9.81. The Labute approximate surface area is 149 Å². The van der Waals surface area contributed by atoms with Gasteiger partial charge >= 0.3 is 0 Å². The number of aryl methyl sites for hydroxylation is 2. The Kier molecular flexibility index (Phi) is 5.16. The molecule has 6 heteroatoms. The fourth-order valence-electron chi connectivity index (χ4n) is 2.73. The van der Waals surface area contributed by atoms with Crippen LogP contribution in [0.3, 0.4) is 0 Å². The van der Waals surface area contributed by atoms with E-state index >= 15 is 0 Å². The largest absolute Gasteiger partial charge is 0.497 e. The molecule has 2 aromatic heterocycles. The maximum absolute atomic E-state index is 9.81. The number of rotatable bonds is 6. The van der Waals surface area contributed by atoms with Crippen LogP contribution >= 0.6 is 15.9 Å². The molecule has 0 amide bonds. The number of aliphatic hydroxyl groups excluding tert-OH is 1. The van der Waals surface area contributed by atoms with Crippen molar-refractivity contribution in [3.63, 3.8) is 0 Å². The SMILES string of the molecule is COc1ccc(CCc2nc3cc(Br)cnc3n2CC(C)O)cc1. The Hall–Kier alpha value is -1.92. The van der Waals surface area contributed by atoms with Crippen LogP contribution in [0.1, 0.15) is 18.3 Å². The lowest BCUT2D eigenvalue weighted by atomic mass is 10.1. The number of fused-ring (bicyclic) bond motifs is 1. The van der Waals surface area contributed by atoms with Crippen LogP contribution in [0.4, 0.5) is 0 Å². The van der Waals surface area contributed by atoms with E-state index in [1.807, 2.05) is 22.8 Å². The highest BCUT2D eigenvalue weighted by Gasteiger charge is 2.14. The highest BCUT2D eigenvalue weighted by molar-refractivity contribution is 9.10. The lowest BCUT2D eigenvalue weighted by Gasteiger charge is -2.10. The Morgan fingerprint density at radius 3 is 2.67 bits per heavy atom. The molecule has 0 aliphatic heterocycles. The summed E-state index contributed by atoms with van der Waals surface area (Å²) in [7, 11) is 1.67. The smallest absolute Gasteiger partial charge is 0.160 e. The summed E-state index contributed by atoms with van der Waals surface area (Å²) in [6.07, 6.45) is 2.96. The molecule has 1 N–H and O–H groups in total. The van der Waals surface area contributed by atoms with E-state index in [0.29, 0.717) is 6.54 Å². The molecule has 0 saturated carbocycles. The average Bonchev–Trinajstić information content (AvgIpc) is 2.89. The van der Waals surface area contributed by atoms with Gasteiger partial charge in [-0.2, -0.15) is 0 Å². The molecule has 5 nitrogen and oxygen atoms in total. The van der Waals surface area contributed by atoms with Crippen molar-refractivity contribution in [1.29, 1.82) is 0 Å². The number of benzene rings is 1. The van der Waals surface area contributed by atoms with Crippen molar-refractivity contribution in [2.24, 2.45) is 0 Å². The van der Waals surface area contributed by atoms with Crippen molar-refractivity contribution >= 4 is 27.1 Å². The number of aliphatic hydroxyl groups is 1. The van der Waals surface area contributed by atoms with Gasteiger partial charge in [0.05, 0.1) is 19.8 Å². The van der Waals surface area contributed by atoms with Crippen molar-refractivity contribution in [3.05, 3.63) is 52.4 Å². The van der Waals surface area contributed by atoms with Gasteiger partial charge < -0.3 is 14.4 Å². The molecular weight excluding hydrogens is 370 g/mol. The molecule has 1 aromatic carbocycles. The molecule has 3 aromatic rings. The van der Waals surface area contributed by atoms with Crippen molar-refractivity contribution in [2.75, 3.05) is 7.11 Å². The minimum absolute atomic E-state index is 0.451. The molecule has 24 heavy (non-hydrogen) atoms. The van der Waals surface area contributed by atoms with Crippen LogP contribution in [0.15, 0.2) is 41.0 Å². The zero-order valence-corrected chi connectivity index (χ0v) is 15.3. The Balaban J connectivity index is 1.86. The van der Waals surface area contributed by atoms with Crippen LogP contribution in [-0.2, 0) is 19.4 Å². The van der Waals surface area contributed by atoms with Gasteiger partial charge in [-0.15, -0.1) is 0 Å². The summed E-state index contributed by atoms with van der Waals surface area (Å²) in [6, 6.07) is 10.0. The number of ether oxygens (including phenoxy) is 1. The molecule has 0 spiro atoms. The number of hydrogen-bond donors (Lipinski definition) is 1. The first kappa shape index (κ1) is 16.9. The predicted molar refractivity (Wildman–Crippen MR) is 97.3 cm³/mol. The van der Waals surface area contributed by atoms with E-state index in [-0.39, 0.29) is 0 Å². The summed E-state index contributed by atoms with van der Waals surface area (Å²) in [4.78, 5) is 9.17. The maximum atomic E-state index is 9.81.